The summed E-state index contributed by atoms with van der Waals surface area (Å²) in [5, 5.41) is 4.63. The van der Waals surface area contributed by atoms with Crippen LogP contribution in [0.4, 0.5) is 0 Å². The van der Waals surface area contributed by atoms with Crippen molar-refractivity contribution >= 4 is 30.1 Å². The molecule has 4 rings (SSSR count). The van der Waals surface area contributed by atoms with E-state index < -0.39 is 14.7 Å². The van der Waals surface area contributed by atoms with Crippen molar-refractivity contribution in [2.45, 2.75) is 163 Å². The molecule has 0 heterocycles. The molecule has 0 bridgehead atoms. The van der Waals surface area contributed by atoms with Crippen LogP contribution in [0.2, 0.25) is 0 Å². The molecule has 4 aromatic carbocycles. The second-order valence-electron chi connectivity index (χ2n) is 20.6. The highest BCUT2D eigenvalue weighted by Gasteiger charge is 2.33. The van der Waals surface area contributed by atoms with E-state index in [2.05, 4.69) is 173 Å². The first kappa shape index (κ1) is 39.5. The van der Waals surface area contributed by atoms with Crippen LogP contribution in [0.15, 0.2) is 48.5 Å². The lowest BCUT2D eigenvalue weighted by molar-refractivity contribution is -0.320. The fourth-order valence-electron chi connectivity index (χ4n) is 7.06. The zero-order valence-corrected chi connectivity index (χ0v) is 34.8. The highest BCUT2D eigenvalue weighted by atomic mass is 31.2. The van der Waals surface area contributed by atoms with Gasteiger partial charge in [0.2, 0.25) is 0 Å². The Morgan fingerprint density at radius 3 is 0.959 bits per heavy atom. The van der Waals surface area contributed by atoms with Crippen molar-refractivity contribution in [3.8, 4) is 0 Å². The van der Waals surface area contributed by atoms with Gasteiger partial charge in [0.1, 0.15) is 6.10 Å². The predicted octanol–water partition coefficient (Wildman–Crippen LogP) is 11.8. The topological polar surface area (TPSA) is 55.3 Å². The first-order valence-electron chi connectivity index (χ1n) is 18.0. The Labute approximate surface area is 299 Å². The third-order valence-corrected chi connectivity index (χ3v) is 10.3. The molecule has 0 radical (unpaired) electrons. The number of hydrogen-bond donors (Lipinski definition) is 0. The van der Waals surface area contributed by atoms with Gasteiger partial charge in [0.05, 0.1) is 0 Å². The molecule has 3 nitrogen and oxygen atoms in total. The maximum Gasteiger partial charge on any atom is 0.109 e. The lowest BCUT2D eigenvalue weighted by Gasteiger charge is -2.39. The first-order chi connectivity index (χ1) is 21.9. The highest BCUT2D eigenvalue weighted by molar-refractivity contribution is 7.36. The van der Waals surface area contributed by atoms with Gasteiger partial charge in [0.15, 0.2) is 0 Å². The van der Waals surface area contributed by atoms with Crippen molar-refractivity contribution < 1.29 is 14.3 Å². The second-order valence-corrected chi connectivity index (χ2v) is 21.2. The Kier molecular flexibility index (Phi) is 10.3. The van der Waals surface area contributed by atoms with E-state index in [9.17, 15) is 9.79 Å². The first-order valence-corrected chi connectivity index (χ1v) is 19.1. The Morgan fingerprint density at radius 1 is 0.408 bits per heavy atom. The molecule has 0 aliphatic heterocycles. The van der Waals surface area contributed by atoms with Crippen molar-refractivity contribution in [3.05, 3.63) is 93.0 Å². The average molecular weight is 683 g/mol. The van der Waals surface area contributed by atoms with E-state index in [4.69, 9.17) is 4.52 Å². The van der Waals surface area contributed by atoms with Crippen molar-refractivity contribution in [3.63, 3.8) is 0 Å². The van der Waals surface area contributed by atoms with Crippen LogP contribution < -0.4 is 9.79 Å². The van der Waals surface area contributed by atoms with Crippen LogP contribution in [-0.4, -0.2) is 0 Å². The molecule has 0 unspecified atom stereocenters. The number of hydrogen-bond acceptors (Lipinski definition) is 3. The minimum Gasteiger partial charge on any atom is -0.820 e. The molecule has 0 fully saturated rings. The van der Waals surface area contributed by atoms with Gasteiger partial charge in [-0.15, -0.1) is 0 Å². The highest BCUT2D eigenvalue weighted by Crippen LogP contribution is 2.48. The lowest BCUT2D eigenvalue weighted by Crippen LogP contribution is -2.24. The van der Waals surface area contributed by atoms with Gasteiger partial charge in [-0.05, 0) is 111 Å². The van der Waals surface area contributed by atoms with Crippen LogP contribution in [0.3, 0.4) is 0 Å². The third kappa shape index (κ3) is 8.44. The summed E-state index contributed by atoms with van der Waals surface area (Å²) in [6, 6.07) is 18.5. The van der Waals surface area contributed by atoms with Crippen LogP contribution in [0.1, 0.15) is 175 Å². The zero-order chi connectivity index (χ0) is 37.4. The second kappa shape index (κ2) is 12.7. The summed E-state index contributed by atoms with van der Waals surface area (Å²) in [7, 11) is -3.17. The van der Waals surface area contributed by atoms with E-state index >= 15 is 0 Å². The van der Waals surface area contributed by atoms with Gasteiger partial charge >= 0.3 is 0 Å². The Morgan fingerprint density at radius 2 is 0.714 bits per heavy atom. The molecule has 0 N–H and O–H groups in total. The molecule has 0 aliphatic rings. The molecule has 0 amide bonds. The molecule has 0 aromatic heterocycles. The van der Waals surface area contributed by atoms with Gasteiger partial charge < -0.3 is 14.3 Å². The van der Waals surface area contributed by atoms with Gasteiger partial charge in [-0.3, -0.25) is 0 Å². The molecule has 4 aromatic rings. The predicted molar refractivity (Wildman–Crippen MR) is 210 cm³/mol. The van der Waals surface area contributed by atoms with Gasteiger partial charge in [0, 0.05) is 0 Å². The summed E-state index contributed by atoms with van der Waals surface area (Å²) in [5.74, 6) is 0. The van der Waals surface area contributed by atoms with Gasteiger partial charge in [-0.2, -0.15) is 8.60 Å². The Bertz CT molecular complexity index is 1720. The quantitative estimate of drug-likeness (QED) is 0.201. The van der Waals surface area contributed by atoms with Crippen LogP contribution in [-0.2, 0) is 37.0 Å². The molecule has 4 heteroatoms. The smallest absolute Gasteiger partial charge is 0.109 e. The van der Waals surface area contributed by atoms with E-state index in [0.29, 0.717) is 0 Å². The molecule has 0 aliphatic carbocycles. The summed E-state index contributed by atoms with van der Waals surface area (Å²) in [5.41, 5.74) is 8.20. The molecule has 0 saturated carbocycles. The van der Waals surface area contributed by atoms with Crippen LogP contribution in [0.5, 0.6) is 0 Å². The monoisotopic (exact) mass is 682 g/mol. The normalized spacial score (nSPS) is 14.2. The summed E-state index contributed by atoms with van der Waals surface area (Å²) >= 11 is 0. The zero-order valence-electron chi connectivity index (χ0n) is 33.9. The summed E-state index contributed by atoms with van der Waals surface area (Å²) in [6.07, 6.45) is -0.816. The van der Waals surface area contributed by atoms with E-state index in [1.807, 2.05) is 0 Å². The fraction of sp³-hybridized carbons (Fsp3) is 0.556. The minimum atomic E-state index is -3.17. The van der Waals surface area contributed by atoms with Crippen LogP contribution in [0, 0.1) is 0 Å². The van der Waals surface area contributed by atoms with Crippen molar-refractivity contribution in [2.24, 2.45) is 0 Å². The van der Waals surface area contributed by atoms with Crippen LogP contribution >= 0.6 is 8.60 Å². The summed E-state index contributed by atoms with van der Waals surface area (Å²) < 4.78 is 6.15. The van der Waals surface area contributed by atoms with E-state index in [0.717, 1.165) is 33.0 Å². The largest absolute Gasteiger partial charge is 0.820 e. The molecule has 49 heavy (non-hydrogen) atoms. The van der Waals surface area contributed by atoms with Crippen LogP contribution in [0.25, 0.3) is 21.5 Å². The molecular weight excluding hydrogens is 619 g/mol. The number of rotatable bonds is 4. The van der Waals surface area contributed by atoms with Crippen molar-refractivity contribution in [1.82, 2.24) is 0 Å². The Balaban J connectivity index is 2.25. The molecule has 0 atom stereocenters. The molecular formula is C45H63O3P-2. The number of fused-ring (bicyclic) bond motifs is 2. The van der Waals surface area contributed by atoms with E-state index in [1.165, 1.54) is 33.0 Å². The van der Waals surface area contributed by atoms with E-state index in [1.54, 1.807) is 0 Å². The van der Waals surface area contributed by atoms with Gasteiger partial charge in [0.25, 0.3) is 0 Å². The van der Waals surface area contributed by atoms with Gasteiger partial charge in [-0.1, -0.05) is 161 Å². The standard InChI is InChI=1S/C45H63O3P/c1-40(2,3)29-19-27-21-35(42(7,8)9)33(25-31(27)37(23-29)44(13,14)15)39(48-49(46)47)34-26-32-28(22-36(34)43(10,11)12)20-30(41(4,5)6)24-38(32)45(16,17)18/h19-26,39H,1-18H3/q-2. The maximum atomic E-state index is 12.8. The number of benzene rings is 4. The maximum absolute atomic E-state index is 12.8. The van der Waals surface area contributed by atoms with E-state index in [-0.39, 0.29) is 32.5 Å². The SMILES string of the molecule is CC(C)(C)c1cc(C(C)(C)C)c2cc(C(OP([O-])[O-])c3cc4c(C(C)(C)C)cc(C(C)(C)C)cc4cc3C(C)(C)C)c(C(C)(C)C)cc2c1. The average Bonchev–Trinajstić information content (AvgIpc) is 2.90. The minimum absolute atomic E-state index is 0.0221. The molecule has 268 valence electrons. The van der Waals surface area contributed by atoms with Crippen molar-refractivity contribution in [2.75, 3.05) is 0 Å². The van der Waals surface area contributed by atoms with Gasteiger partial charge in [-0.25, -0.2) is 0 Å². The molecule has 0 saturated heterocycles. The Hall–Kier alpha value is -2.29. The van der Waals surface area contributed by atoms with Crippen molar-refractivity contribution in [1.29, 1.82) is 0 Å². The summed E-state index contributed by atoms with van der Waals surface area (Å²) in [4.78, 5) is 25.6. The fourth-order valence-corrected chi connectivity index (χ4v) is 7.46. The lowest BCUT2D eigenvalue weighted by atomic mass is 9.73. The third-order valence-electron chi connectivity index (χ3n) is 9.97. The molecule has 0 spiro atoms. The summed E-state index contributed by atoms with van der Waals surface area (Å²) in [6.45, 7) is 40.4.